The molecule has 0 saturated carbocycles. The number of carbonyl (C=O) groups excluding carboxylic acids is 1. The number of Topliss-reactive ketones (excluding diaryl/α,β-unsaturated/α-hetero) is 1. The average Bonchev–Trinajstić information content (AvgIpc) is 3.04. The van der Waals surface area contributed by atoms with E-state index in [1.54, 1.807) is 12.4 Å². The maximum atomic E-state index is 12.6. The number of aromatic nitrogens is 3. The van der Waals surface area contributed by atoms with Gasteiger partial charge in [0.15, 0.2) is 5.78 Å². The highest BCUT2D eigenvalue weighted by Gasteiger charge is 2.28. The maximum Gasteiger partial charge on any atom is 0.166 e. The van der Waals surface area contributed by atoms with Crippen molar-refractivity contribution < 1.29 is 4.79 Å². The highest BCUT2D eigenvalue weighted by Crippen LogP contribution is 2.32. The SMILES string of the molecule is N#CCc1ccc(-n2nc(-c3cccnc3)c3c2CCCC3=O)cc1. The van der Waals surface area contributed by atoms with Gasteiger partial charge in [0.05, 0.1) is 29.4 Å². The summed E-state index contributed by atoms with van der Waals surface area (Å²) < 4.78 is 1.87. The molecule has 1 aliphatic carbocycles. The fraction of sp³-hybridized carbons (Fsp3) is 0.200. The molecule has 0 bridgehead atoms. The largest absolute Gasteiger partial charge is 0.294 e. The Kier molecular flexibility index (Phi) is 3.87. The van der Waals surface area contributed by atoms with Crippen LogP contribution in [0.4, 0.5) is 0 Å². The zero-order chi connectivity index (χ0) is 17.2. The second-order valence-corrected chi connectivity index (χ2v) is 6.10. The lowest BCUT2D eigenvalue weighted by molar-refractivity contribution is 0.0973. The molecule has 0 fully saturated rings. The van der Waals surface area contributed by atoms with E-state index in [1.807, 2.05) is 41.1 Å². The molecule has 5 nitrogen and oxygen atoms in total. The zero-order valence-electron chi connectivity index (χ0n) is 13.6. The first-order valence-electron chi connectivity index (χ1n) is 8.29. The van der Waals surface area contributed by atoms with Crippen molar-refractivity contribution in [2.24, 2.45) is 0 Å². The van der Waals surface area contributed by atoms with Gasteiger partial charge in [-0.05, 0) is 42.7 Å². The predicted octanol–water partition coefficient (Wildman–Crippen LogP) is 3.52. The minimum Gasteiger partial charge on any atom is -0.294 e. The third-order valence-corrected chi connectivity index (χ3v) is 4.48. The van der Waals surface area contributed by atoms with Gasteiger partial charge in [-0.15, -0.1) is 0 Å². The fourth-order valence-electron chi connectivity index (χ4n) is 3.28. The lowest BCUT2D eigenvalue weighted by Gasteiger charge is -2.13. The van der Waals surface area contributed by atoms with Crippen molar-refractivity contribution in [2.75, 3.05) is 0 Å². The molecule has 4 rings (SSSR count). The van der Waals surface area contributed by atoms with Crippen LogP contribution in [0.2, 0.25) is 0 Å². The molecular formula is C20H16N4O. The summed E-state index contributed by atoms with van der Waals surface area (Å²) in [4.78, 5) is 16.7. The standard InChI is InChI=1S/C20H16N4O/c21-11-10-14-6-8-16(9-7-14)24-17-4-1-5-18(25)19(17)20(23-24)15-3-2-12-22-13-15/h2-3,6-9,12-13H,1,4-5,10H2. The number of rotatable bonds is 3. The summed E-state index contributed by atoms with van der Waals surface area (Å²) in [5.74, 6) is 0.146. The highest BCUT2D eigenvalue weighted by molar-refractivity contribution is 6.03. The van der Waals surface area contributed by atoms with Gasteiger partial charge in [-0.3, -0.25) is 9.78 Å². The summed E-state index contributed by atoms with van der Waals surface area (Å²) in [7, 11) is 0. The highest BCUT2D eigenvalue weighted by atomic mass is 16.1. The molecule has 0 spiro atoms. The van der Waals surface area contributed by atoms with Crippen LogP contribution in [0, 0.1) is 11.3 Å². The Morgan fingerprint density at radius 2 is 2.00 bits per heavy atom. The van der Waals surface area contributed by atoms with E-state index in [2.05, 4.69) is 11.1 Å². The van der Waals surface area contributed by atoms with Crippen LogP contribution in [0.25, 0.3) is 16.9 Å². The average molecular weight is 328 g/mol. The van der Waals surface area contributed by atoms with Gasteiger partial charge in [0.1, 0.15) is 5.69 Å². The smallest absolute Gasteiger partial charge is 0.166 e. The van der Waals surface area contributed by atoms with Gasteiger partial charge in [-0.25, -0.2) is 4.68 Å². The quantitative estimate of drug-likeness (QED) is 0.737. The molecule has 5 heteroatoms. The predicted molar refractivity (Wildman–Crippen MR) is 93.4 cm³/mol. The van der Waals surface area contributed by atoms with Gasteiger partial charge >= 0.3 is 0 Å². The molecule has 122 valence electrons. The van der Waals surface area contributed by atoms with Crippen LogP contribution in [-0.2, 0) is 12.8 Å². The Hall–Kier alpha value is -3.26. The van der Waals surface area contributed by atoms with Crippen LogP contribution in [-0.4, -0.2) is 20.5 Å². The molecule has 0 atom stereocenters. The number of fused-ring (bicyclic) bond motifs is 1. The monoisotopic (exact) mass is 328 g/mol. The normalized spacial score (nSPS) is 13.3. The summed E-state index contributed by atoms with van der Waals surface area (Å²) in [5, 5.41) is 13.6. The first-order valence-corrected chi connectivity index (χ1v) is 8.29. The Morgan fingerprint density at radius 1 is 1.16 bits per heavy atom. The van der Waals surface area contributed by atoms with Gasteiger partial charge in [-0.2, -0.15) is 10.4 Å². The van der Waals surface area contributed by atoms with E-state index in [9.17, 15) is 4.79 Å². The molecular weight excluding hydrogens is 312 g/mol. The summed E-state index contributed by atoms with van der Waals surface area (Å²) >= 11 is 0. The number of hydrogen-bond donors (Lipinski definition) is 0. The van der Waals surface area contributed by atoms with E-state index < -0.39 is 0 Å². The molecule has 2 aromatic heterocycles. The molecule has 0 radical (unpaired) electrons. The first kappa shape index (κ1) is 15.3. The second-order valence-electron chi connectivity index (χ2n) is 6.10. The Bertz CT molecular complexity index is 965. The Labute approximate surface area is 145 Å². The number of carbonyl (C=O) groups is 1. The van der Waals surface area contributed by atoms with E-state index in [0.717, 1.165) is 40.9 Å². The van der Waals surface area contributed by atoms with Crippen molar-refractivity contribution in [3.63, 3.8) is 0 Å². The van der Waals surface area contributed by atoms with E-state index in [4.69, 9.17) is 10.4 Å². The van der Waals surface area contributed by atoms with Crippen molar-refractivity contribution in [3.05, 3.63) is 65.6 Å². The van der Waals surface area contributed by atoms with Crippen LogP contribution in [0.5, 0.6) is 0 Å². The third-order valence-electron chi connectivity index (χ3n) is 4.48. The van der Waals surface area contributed by atoms with E-state index >= 15 is 0 Å². The van der Waals surface area contributed by atoms with Gasteiger partial charge < -0.3 is 0 Å². The van der Waals surface area contributed by atoms with Gasteiger partial charge in [0.25, 0.3) is 0 Å². The van der Waals surface area contributed by atoms with Crippen molar-refractivity contribution in [1.29, 1.82) is 5.26 Å². The van der Waals surface area contributed by atoms with Crippen molar-refractivity contribution in [3.8, 4) is 23.0 Å². The fourth-order valence-corrected chi connectivity index (χ4v) is 3.28. The number of nitrogens with zero attached hydrogens (tertiary/aromatic N) is 4. The zero-order valence-corrected chi connectivity index (χ0v) is 13.6. The van der Waals surface area contributed by atoms with Gasteiger partial charge in [0.2, 0.25) is 0 Å². The minimum absolute atomic E-state index is 0.146. The van der Waals surface area contributed by atoms with E-state index in [1.165, 1.54) is 0 Å². The molecule has 3 aromatic rings. The third kappa shape index (κ3) is 2.72. The summed E-state index contributed by atoms with van der Waals surface area (Å²) in [6.07, 6.45) is 6.07. The molecule has 0 saturated heterocycles. The van der Waals surface area contributed by atoms with E-state index in [0.29, 0.717) is 18.5 Å². The Balaban J connectivity index is 1.86. The first-order chi connectivity index (χ1) is 12.3. The van der Waals surface area contributed by atoms with Crippen LogP contribution in [0.15, 0.2) is 48.8 Å². The summed E-state index contributed by atoms with van der Waals surface area (Å²) in [6.45, 7) is 0. The van der Waals surface area contributed by atoms with Gasteiger partial charge in [0, 0.05) is 24.4 Å². The molecule has 0 N–H and O–H groups in total. The number of ketones is 1. The lowest BCUT2D eigenvalue weighted by atomic mass is 9.92. The van der Waals surface area contributed by atoms with E-state index in [-0.39, 0.29) is 5.78 Å². The van der Waals surface area contributed by atoms with Crippen LogP contribution < -0.4 is 0 Å². The molecule has 0 aliphatic heterocycles. The second kappa shape index (κ2) is 6.33. The van der Waals surface area contributed by atoms with Crippen LogP contribution in [0.1, 0.15) is 34.5 Å². The van der Waals surface area contributed by atoms with Crippen LogP contribution >= 0.6 is 0 Å². The van der Waals surface area contributed by atoms with Crippen molar-refractivity contribution in [2.45, 2.75) is 25.7 Å². The molecule has 0 amide bonds. The number of nitriles is 1. The molecule has 0 unspecified atom stereocenters. The molecule has 2 heterocycles. The Morgan fingerprint density at radius 3 is 2.72 bits per heavy atom. The molecule has 1 aromatic carbocycles. The lowest BCUT2D eigenvalue weighted by Crippen LogP contribution is -2.13. The molecule has 25 heavy (non-hydrogen) atoms. The number of pyridine rings is 1. The van der Waals surface area contributed by atoms with Gasteiger partial charge in [-0.1, -0.05) is 12.1 Å². The maximum absolute atomic E-state index is 12.6. The summed E-state index contributed by atoms with van der Waals surface area (Å²) in [6, 6.07) is 13.7. The van der Waals surface area contributed by atoms with Crippen molar-refractivity contribution in [1.82, 2.24) is 14.8 Å². The molecule has 1 aliphatic rings. The van der Waals surface area contributed by atoms with Crippen molar-refractivity contribution >= 4 is 5.78 Å². The number of benzene rings is 1. The minimum atomic E-state index is 0.146. The summed E-state index contributed by atoms with van der Waals surface area (Å²) in [5.41, 5.74) is 5.12. The van der Waals surface area contributed by atoms with Crippen LogP contribution in [0.3, 0.4) is 0 Å². The number of hydrogen-bond acceptors (Lipinski definition) is 4. The topological polar surface area (TPSA) is 71.6 Å².